The SMILES string of the molecule is CSC1(CNc2cnnc3ccccc23)CC1. The molecule has 1 aliphatic rings. The van der Waals surface area contributed by atoms with Crippen LogP contribution in [0.2, 0.25) is 0 Å². The fraction of sp³-hybridized carbons (Fsp3) is 0.385. The quantitative estimate of drug-likeness (QED) is 0.898. The summed E-state index contributed by atoms with van der Waals surface area (Å²) < 4.78 is 0.463. The molecule has 0 atom stereocenters. The summed E-state index contributed by atoms with van der Waals surface area (Å²) in [5, 5.41) is 12.8. The van der Waals surface area contributed by atoms with Crippen molar-refractivity contribution in [1.29, 1.82) is 0 Å². The van der Waals surface area contributed by atoms with Crippen LogP contribution in [0.25, 0.3) is 10.9 Å². The minimum absolute atomic E-state index is 0.463. The Balaban J connectivity index is 1.85. The lowest BCUT2D eigenvalue weighted by Crippen LogP contribution is -2.17. The van der Waals surface area contributed by atoms with Gasteiger partial charge in [0.2, 0.25) is 0 Å². The van der Waals surface area contributed by atoms with Crippen LogP contribution >= 0.6 is 11.8 Å². The molecule has 0 bridgehead atoms. The van der Waals surface area contributed by atoms with Gasteiger partial charge in [0.05, 0.1) is 17.4 Å². The number of aromatic nitrogens is 2. The predicted molar refractivity (Wildman–Crippen MR) is 73.5 cm³/mol. The molecule has 0 aliphatic heterocycles. The molecule has 1 N–H and O–H groups in total. The largest absolute Gasteiger partial charge is 0.382 e. The van der Waals surface area contributed by atoms with Crippen LogP contribution in [-0.2, 0) is 0 Å². The van der Waals surface area contributed by atoms with Gasteiger partial charge >= 0.3 is 0 Å². The Morgan fingerprint density at radius 2 is 2.18 bits per heavy atom. The fourth-order valence-corrected chi connectivity index (χ4v) is 2.72. The standard InChI is InChI=1S/C13H15N3S/c1-17-13(6-7-13)9-14-12-8-15-16-11-5-3-2-4-10(11)12/h2-5,8H,6-7,9H2,1H3,(H,14,16). The Hall–Kier alpha value is -1.29. The van der Waals surface area contributed by atoms with Crippen LogP contribution in [0, 0.1) is 0 Å². The molecule has 0 spiro atoms. The molecule has 1 aromatic heterocycles. The van der Waals surface area contributed by atoms with Crippen LogP contribution in [-0.4, -0.2) is 27.7 Å². The van der Waals surface area contributed by atoms with Crippen molar-refractivity contribution in [2.75, 3.05) is 18.1 Å². The van der Waals surface area contributed by atoms with E-state index in [2.05, 4.69) is 27.8 Å². The molecule has 0 saturated heterocycles. The van der Waals surface area contributed by atoms with Gasteiger partial charge in [-0.1, -0.05) is 18.2 Å². The number of benzene rings is 1. The second-order valence-electron chi connectivity index (χ2n) is 4.52. The highest BCUT2D eigenvalue weighted by Crippen LogP contribution is 2.47. The van der Waals surface area contributed by atoms with E-state index < -0.39 is 0 Å². The van der Waals surface area contributed by atoms with Gasteiger partial charge in [0, 0.05) is 16.7 Å². The van der Waals surface area contributed by atoms with Gasteiger partial charge in [-0.15, -0.1) is 0 Å². The molecular weight excluding hydrogens is 230 g/mol. The topological polar surface area (TPSA) is 37.8 Å². The lowest BCUT2D eigenvalue weighted by molar-refractivity contribution is 0.946. The average Bonchev–Trinajstić information content (AvgIpc) is 3.17. The first-order valence-corrected chi connectivity index (χ1v) is 7.05. The highest BCUT2D eigenvalue weighted by Gasteiger charge is 2.41. The maximum Gasteiger partial charge on any atom is 0.0950 e. The Kier molecular flexibility index (Phi) is 2.67. The van der Waals surface area contributed by atoms with Gasteiger partial charge in [-0.05, 0) is 25.2 Å². The van der Waals surface area contributed by atoms with Crippen LogP contribution in [0.5, 0.6) is 0 Å². The van der Waals surface area contributed by atoms with Crippen molar-refractivity contribution in [2.45, 2.75) is 17.6 Å². The smallest absolute Gasteiger partial charge is 0.0950 e. The molecule has 4 heteroatoms. The molecule has 0 radical (unpaired) electrons. The number of hydrogen-bond donors (Lipinski definition) is 1. The summed E-state index contributed by atoms with van der Waals surface area (Å²) in [6, 6.07) is 8.11. The molecule has 88 valence electrons. The molecule has 3 rings (SSSR count). The van der Waals surface area contributed by atoms with E-state index in [9.17, 15) is 0 Å². The van der Waals surface area contributed by atoms with Gasteiger partial charge in [-0.25, -0.2) is 0 Å². The monoisotopic (exact) mass is 245 g/mol. The minimum atomic E-state index is 0.463. The summed E-state index contributed by atoms with van der Waals surface area (Å²) in [5.41, 5.74) is 2.04. The van der Waals surface area contributed by atoms with E-state index in [0.29, 0.717) is 4.75 Å². The molecule has 0 unspecified atom stereocenters. The second kappa shape index (κ2) is 4.18. The van der Waals surface area contributed by atoms with Crippen LogP contribution in [0.1, 0.15) is 12.8 Å². The first-order chi connectivity index (χ1) is 8.33. The first-order valence-electron chi connectivity index (χ1n) is 5.82. The van der Waals surface area contributed by atoms with Crippen LogP contribution in [0.15, 0.2) is 30.5 Å². The maximum atomic E-state index is 4.13. The van der Waals surface area contributed by atoms with E-state index in [1.54, 1.807) is 0 Å². The van der Waals surface area contributed by atoms with Crippen molar-refractivity contribution in [3.63, 3.8) is 0 Å². The number of hydrogen-bond acceptors (Lipinski definition) is 4. The lowest BCUT2D eigenvalue weighted by Gasteiger charge is -2.14. The molecule has 2 aromatic rings. The Bertz CT molecular complexity index is 532. The molecule has 17 heavy (non-hydrogen) atoms. The van der Waals surface area contributed by atoms with Crippen molar-refractivity contribution in [3.05, 3.63) is 30.5 Å². The number of thioether (sulfide) groups is 1. The highest BCUT2D eigenvalue weighted by molar-refractivity contribution is 8.00. The van der Waals surface area contributed by atoms with E-state index in [1.807, 2.05) is 36.2 Å². The zero-order valence-electron chi connectivity index (χ0n) is 9.81. The lowest BCUT2D eigenvalue weighted by atomic mass is 10.2. The first kappa shape index (κ1) is 10.8. The van der Waals surface area contributed by atoms with Gasteiger partial charge < -0.3 is 5.32 Å². The van der Waals surface area contributed by atoms with E-state index >= 15 is 0 Å². The van der Waals surface area contributed by atoms with Gasteiger partial charge in [-0.2, -0.15) is 22.0 Å². The number of rotatable bonds is 4. The molecule has 1 fully saturated rings. The van der Waals surface area contributed by atoms with Crippen molar-refractivity contribution in [2.24, 2.45) is 0 Å². The van der Waals surface area contributed by atoms with Gasteiger partial charge in [0.15, 0.2) is 0 Å². The third-order valence-corrected chi connectivity index (χ3v) is 4.81. The summed E-state index contributed by atoms with van der Waals surface area (Å²) in [5.74, 6) is 0. The van der Waals surface area contributed by atoms with Crippen LogP contribution < -0.4 is 5.32 Å². The number of nitrogens with one attached hydrogen (secondary N) is 1. The minimum Gasteiger partial charge on any atom is -0.382 e. The molecule has 1 saturated carbocycles. The fourth-order valence-electron chi connectivity index (χ4n) is 2.00. The predicted octanol–water partition coefficient (Wildman–Crippen LogP) is 2.94. The molecule has 0 amide bonds. The van der Waals surface area contributed by atoms with Crippen molar-refractivity contribution < 1.29 is 0 Å². The average molecular weight is 245 g/mol. The number of nitrogens with zero attached hydrogens (tertiary/aromatic N) is 2. The van der Waals surface area contributed by atoms with Crippen LogP contribution in [0.4, 0.5) is 5.69 Å². The van der Waals surface area contributed by atoms with E-state index in [1.165, 1.54) is 12.8 Å². The highest BCUT2D eigenvalue weighted by atomic mass is 32.2. The molecule has 3 nitrogen and oxygen atoms in total. The normalized spacial score (nSPS) is 17.0. The molecule has 1 aromatic carbocycles. The number of anilines is 1. The maximum absolute atomic E-state index is 4.13. The van der Waals surface area contributed by atoms with E-state index in [-0.39, 0.29) is 0 Å². The van der Waals surface area contributed by atoms with Gasteiger partial charge in [0.1, 0.15) is 0 Å². The van der Waals surface area contributed by atoms with Crippen molar-refractivity contribution in [1.82, 2.24) is 10.2 Å². The summed E-state index contributed by atoms with van der Waals surface area (Å²) in [6.07, 6.45) is 6.64. The Labute approximate surface area is 105 Å². The molecule has 1 aliphatic carbocycles. The van der Waals surface area contributed by atoms with Crippen molar-refractivity contribution >= 4 is 28.4 Å². The van der Waals surface area contributed by atoms with Gasteiger partial charge in [-0.3, -0.25) is 0 Å². The molecular formula is C13H15N3S. The second-order valence-corrected chi connectivity index (χ2v) is 5.79. The molecule has 1 heterocycles. The van der Waals surface area contributed by atoms with Crippen LogP contribution in [0.3, 0.4) is 0 Å². The third kappa shape index (κ3) is 2.09. The Morgan fingerprint density at radius 3 is 2.94 bits per heavy atom. The summed E-state index contributed by atoms with van der Waals surface area (Å²) in [4.78, 5) is 0. The Morgan fingerprint density at radius 1 is 1.35 bits per heavy atom. The zero-order chi connectivity index (χ0) is 11.7. The van der Waals surface area contributed by atoms with Gasteiger partial charge in [0.25, 0.3) is 0 Å². The van der Waals surface area contributed by atoms with E-state index in [4.69, 9.17) is 0 Å². The zero-order valence-corrected chi connectivity index (χ0v) is 10.6. The van der Waals surface area contributed by atoms with E-state index in [0.717, 1.165) is 23.1 Å². The van der Waals surface area contributed by atoms with Crippen molar-refractivity contribution in [3.8, 4) is 0 Å². The third-order valence-electron chi connectivity index (χ3n) is 3.39. The summed E-state index contributed by atoms with van der Waals surface area (Å²) in [7, 11) is 0. The summed E-state index contributed by atoms with van der Waals surface area (Å²) >= 11 is 1.96. The summed E-state index contributed by atoms with van der Waals surface area (Å²) in [6.45, 7) is 1.02. The number of fused-ring (bicyclic) bond motifs is 1.